The van der Waals surface area contributed by atoms with Gasteiger partial charge in [0.15, 0.2) is 19.8 Å². The van der Waals surface area contributed by atoms with Crippen molar-refractivity contribution in [2.24, 2.45) is 17.6 Å². The molecular weight excluding hydrogens is 1050 g/mol. The molecule has 4 aromatic heterocycles. The van der Waals surface area contributed by atoms with Gasteiger partial charge in [-0.3, -0.25) is 0 Å². The summed E-state index contributed by atoms with van der Waals surface area (Å²) in [6.45, 7) is 17.6. The van der Waals surface area contributed by atoms with Crippen molar-refractivity contribution in [2.75, 3.05) is 6.54 Å². The second-order valence-corrected chi connectivity index (χ2v) is 27.6. The first kappa shape index (κ1) is 58.4. The fourth-order valence-electron chi connectivity index (χ4n) is 9.02. The predicted octanol–water partition coefficient (Wildman–Crippen LogP) is 12.9. The minimum absolute atomic E-state index is 0. The molecule has 0 amide bonds. The van der Waals surface area contributed by atoms with E-state index >= 15 is 0 Å². The molecule has 0 radical (unpaired) electrons. The molecule has 4 saturated carbocycles. The Morgan fingerprint density at radius 3 is 1.76 bits per heavy atom. The van der Waals surface area contributed by atoms with Crippen LogP contribution in [-0.2, 0) is 4.43 Å². The molecule has 0 spiro atoms. The number of rotatable bonds is 16. The molecule has 10 rings (SSSR count). The third kappa shape index (κ3) is 15.0. The van der Waals surface area contributed by atoms with Crippen LogP contribution in [0.3, 0.4) is 0 Å². The summed E-state index contributed by atoms with van der Waals surface area (Å²) in [5.41, 5.74) is 10.6. The number of halogens is 1. The summed E-state index contributed by atoms with van der Waals surface area (Å²) in [6, 6.07) is 23.1. The lowest BCUT2D eigenvalue weighted by atomic mass is 9.80. The van der Waals surface area contributed by atoms with Crippen LogP contribution in [-0.4, -0.2) is 73.6 Å². The minimum Gasteiger partial charge on any atom is -0.407 e. The van der Waals surface area contributed by atoms with Crippen molar-refractivity contribution in [1.29, 1.82) is 0 Å². The van der Waals surface area contributed by atoms with Crippen molar-refractivity contribution in [3.63, 3.8) is 0 Å². The Kier molecular flexibility index (Phi) is 20.4. The van der Waals surface area contributed by atoms with Crippen molar-refractivity contribution in [1.82, 2.24) is 40.0 Å². The van der Waals surface area contributed by atoms with E-state index < -0.39 is 14.4 Å². The van der Waals surface area contributed by atoms with E-state index in [4.69, 9.17) is 25.6 Å². The molecule has 5 N–H and O–H groups in total. The minimum atomic E-state index is -1.90. The molecule has 400 valence electrons. The number of aliphatic hydroxyl groups is 1. The quantitative estimate of drug-likeness (QED) is 0.0414. The average molecular weight is 1140 g/mol. The summed E-state index contributed by atoms with van der Waals surface area (Å²) in [4.78, 5) is 8.88. The second kappa shape index (κ2) is 25.8. The first-order chi connectivity index (χ1) is 34.5. The van der Waals surface area contributed by atoms with E-state index in [0.29, 0.717) is 41.7 Å². The van der Waals surface area contributed by atoms with Gasteiger partial charge in [0, 0.05) is 101 Å². The van der Waals surface area contributed by atoms with Crippen molar-refractivity contribution < 1.29 is 20.0 Å². The summed E-state index contributed by atoms with van der Waals surface area (Å²) in [6.07, 6.45) is 22.9. The van der Waals surface area contributed by atoms with Crippen LogP contribution in [0.4, 0.5) is 0 Å². The fraction of sp³-hybridized carbons (Fsp3) is 0.525. The zero-order valence-electron chi connectivity index (χ0n) is 43.3. The van der Waals surface area contributed by atoms with E-state index in [9.17, 15) is 5.11 Å². The molecule has 15 heteroatoms. The van der Waals surface area contributed by atoms with Gasteiger partial charge >= 0.3 is 0 Å². The lowest BCUT2D eigenvalue weighted by Crippen LogP contribution is -2.41. The standard InChI is InChI=1S/C25H29N5O2.C23H32IN3O2Si.C9H13N.2CH4.H2/c1-16(31)25-27-10-11-30(25)23(15-26)22-14-24(32-29-22)19-6-4-17(5-7-19)2-3-18-12-21(13-18)28-20-8-9-20;1-8-20(19-15-21(28-26-19)17-9-11-18(24)12-10-17)27-14-13-25-22(27)16(2)29-30(6,7)23(3,4)5;1-2-7-5-9(6-7)10-8-3-4-8;;;/h4-7,10-11,14,16,18,20-21,23,28,31H,8-9,12-13,15,26H2,1H3;9-16,20H,8H2,1-7H3;1,7-10H,3-6H2;2*1H4;1H/t16-,18?,21?,23+;16-,20+;;;;/m00..../s1. The van der Waals surface area contributed by atoms with Gasteiger partial charge < -0.3 is 44.1 Å². The number of aliphatic hydroxyl groups excluding tert-OH is 1. The topological polar surface area (TPSA) is 167 Å². The summed E-state index contributed by atoms with van der Waals surface area (Å²) in [5, 5.41) is 26.0. The van der Waals surface area contributed by atoms with E-state index in [1.54, 1.807) is 19.3 Å². The van der Waals surface area contributed by atoms with Gasteiger partial charge in [-0.05, 0) is 149 Å². The average Bonchev–Trinajstić information content (AvgIpc) is 3.99. The van der Waals surface area contributed by atoms with Crippen LogP contribution in [0, 0.1) is 39.6 Å². The molecule has 4 fully saturated rings. The largest absolute Gasteiger partial charge is 0.407 e. The molecule has 0 aliphatic heterocycles. The third-order valence-corrected chi connectivity index (χ3v) is 20.0. The van der Waals surface area contributed by atoms with Crippen LogP contribution in [0.2, 0.25) is 18.1 Å². The van der Waals surface area contributed by atoms with E-state index in [2.05, 4.69) is 148 Å². The van der Waals surface area contributed by atoms with E-state index in [1.807, 2.05) is 53.4 Å². The second-order valence-electron chi connectivity index (χ2n) is 21.6. The Bertz CT molecular complexity index is 2780. The summed E-state index contributed by atoms with van der Waals surface area (Å²) in [7, 11) is -1.90. The summed E-state index contributed by atoms with van der Waals surface area (Å²) in [5.74, 6) is 13.5. The summed E-state index contributed by atoms with van der Waals surface area (Å²) >= 11 is 2.30. The predicted molar refractivity (Wildman–Crippen MR) is 311 cm³/mol. The maximum atomic E-state index is 9.96. The number of nitrogens with zero attached hydrogens (tertiary/aromatic N) is 6. The first-order valence-corrected chi connectivity index (χ1v) is 29.9. The van der Waals surface area contributed by atoms with Crippen LogP contribution in [0.15, 0.2) is 94.5 Å². The van der Waals surface area contributed by atoms with Crippen LogP contribution >= 0.6 is 22.6 Å². The van der Waals surface area contributed by atoms with Crippen LogP contribution in [0.1, 0.15) is 169 Å². The molecule has 0 unspecified atom stereocenters. The number of imidazole rings is 2. The SMILES string of the molecule is C.C.C#CC1CC(NC2CC2)C1.CC[C@H](c1cc(-c2ccc(I)cc2)on1)n1ccnc1[C@H](C)O[Si](C)(C)C(C)(C)C.C[C@H](O)c1nccn1[C@H](CN)c1cc(-c2ccc(C#CC3CC(NC4CC4)C3)cc2)on1.[HH]. The van der Waals surface area contributed by atoms with Gasteiger partial charge in [0.05, 0.1) is 12.1 Å². The number of benzene rings is 2. The zero-order chi connectivity index (χ0) is 51.2. The number of hydrogen-bond donors (Lipinski definition) is 4. The van der Waals surface area contributed by atoms with Gasteiger partial charge in [-0.25, -0.2) is 9.97 Å². The number of nitrogens with two attached hydrogens (primary N) is 1. The summed E-state index contributed by atoms with van der Waals surface area (Å²) < 4.78 is 23.1. The first-order valence-electron chi connectivity index (χ1n) is 25.9. The molecule has 0 bridgehead atoms. The van der Waals surface area contributed by atoms with Crippen molar-refractivity contribution in [3.05, 3.63) is 118 Å². The Balaban J connectivity index is 0.000000226. The highest BCUT2D eigenvalue weighted by Gasteiger charge is 2.40. The number of terminal acetylenes is 1. The molecule has 6 aromatic rings. The van der Waals surface area contributed by atoms with E-state index in [1.165, 1.54) is 54.9 Å². The number of hydrogen-bond acceptors (Lipinski definition) is 11. The molecule has 74 heavy (non-hydrogen) atoms. The van der Waals surface area contributed by atoms with Crippen LogP contribution in [0.5, 0.6) is 0 Å². The lowest BCUT2D eigenvalue weighted by Gasteiger charge is -2.38. The number of nitrogens with one attached hydrogen (secondary N) is 2. The third-order valence-electron chi connectivity index (χ3n) is 14.8. The Morgan fingerprint density at radius 2 is 1.28 bits per heavy atom. The molecule has 4 aliphatic carbocycles. The Morgan fingerprint density at radius 1 is 0.797 bits per heavy atom. The number of aromatic nitrogens is 6. The Hall–Kier alpha value is -4.85. The van der Waals surface area contributed by atoms with Crippen LogP contribution in [0.25, 0.3) is 22.6 Å². The lowest BCUT2D eigenvalue weighted by molar-refractivity contribution is 0.182. The molecule has 4 aliphatic rings. The monoisotopic (exact) mass is 1140 g/mol. The van der Waals surface area contributed by atoms with Crippen molar-refractivity contribution in [3.8, 4) is 46.8 Å². The van der Waals surface area contributed by atoms with Crippen molar-refractivity contribution in [2.45, 2.75) is 181 Å². The normalized spacial score (nSPS) is 20.6. The van der Waals surface area contributed by atoms with E-state index in [0.717, 1.165) is 58.5 Å². The molecular formula is C59H84IN9O4Si. The van der Waals surface area contributed by atoms with E-state index in [-0.39, 0.29) is 39.5 Å². The van der Waals surface area contributed by atoms with Gasteiger partial charge in [-0.1, -0.05) is 76.8 Å². The smallest absolute Gasteiger partial charge is 0.193 e. The maximum absolute atomic E-state index is 9.96. The van der Waals surface area contributed by atoms with Gasteiger partial charge in [-0.2, -0.15) is 0 Å². The maximum Gasteiger partial charge on any atom is 0.193 e. The highest BCUT2D eigenvalue weighted by atomic mass is 127. The van der Waals surface area contributed by atoms with Crippen LogP contribution < -0.4 is 16.4 Å². The molecule has 2 aromatic carbocycles. The van der Waals surface area contributed by atoms with Gasteiger partial charge in [0.25, 0.3) is 0 Å². The highest BCUT2D eigenvalue weighted by molar-refractivity contribution is 14.1. The van der Waals surface area contributed by atoms with Gasteiger partial charge in [0.1, 0.15) is 35.2 Å². The molecule has 4 atom stereocenters. The zero-order valence-corrected chi connectivity index (χ0v) is 46.5. The molecule has 0 saturated heterocycles. The molecule has 4 heterocycles. The fourth-order valence-corrected chi connectivity index (χ4v) is 10.7. The Labute approximate surface area is 457 Å². The van der Waals surface area contributed by atoms with Gasteiger partial charge in [-0.15, -0.1) is 12.3 Å². The van der Waals surface area contributed by atoms with Gasteiger partial charge in [0.2, 0.25) is 0 Å². The highest BCUT2D eigenvalue weighted by Crippen LogP contribution is 2.40. The molecule has 13 nitrogen and oxygen atoms in total. The van der Waals surface area contributed by atoms with Crippen molar-refractivity contribution >= 4 is 30.9 Å².